The molecule has 2 heterocycles. The third kappa shape index (κ3) is 2.81. The van der Waals surface area contributed by atoms with Crippen molar-refractivity contribution in [1.82, 2.24) is 4.90 Å². The number of carbonyl (C=O) groups excluding carboxylic acids is 1. The number of amides is 1. The first kappa shape index (κ1) is 14.0. The van der Waals surface area contributed by atoms with E-state index in [-0.39, 0.29) is 5.91 Å². The Bertz CT molecular complexity index is 663. The molecule has 0 bridgehead atoms. The van der Waals surface area contributed by atoms with Crippen LogP contribution >= 0.6 is 11.3 Å². The van der Waals surface area contributed by atoms with Gasteiger partial charge in [0.2, 0.25) is 5.91 Å². The number of carbonyl (C=O) groups is 1. The molecule has 0 N–H and O–H groups in total. The molecule has 3 nitrogen and oxygen atoms in total. The molecule has 4 heteroatoms. The van der Waals surface area contributed by atoms with Crippen LogP contribution < -0.4 is 4.90 Å². The van der Waals surface area contributed by atoms with Gasteiger partial charge in [0.25, 0.3) is 0 Å². The molecule has 4 rings (SSSR count). The molecule has 114 valence electrons. The normalized spacial score (nSPS) is 17.0. The number of thiophene rings is 1. The van der Waals surface area contributed by atoms with E-state index < -0.39 is 0 Å². The molecule has 22 heavy (non-hydrogen) atoms. The Morgan fingerprint density at radius 2 is 2.09 bits per heavy atom. The first-order valence-corrected chi connectivity index (χ1v) is 8.84. The quantitative estimate of drug-likeness (QED) is 0.846. The average molecular weight is 312 g/mol. The maximum atomic E-state index is 12.8. The lowest BCUT2D eigenvalue weighted by molar-refractivity contribution is -0.119. The fourth-order valence-electron chi connectivity index (χ4n) is 3.21. The molecule has 1 amide bonds. The number of rotatable bonds is 5. The molecule has 0 saturated heterocycles. The Morgan fingerprint density at radius 3 is 2.86 bits per heavy atom. The molecule has 0 spiro atoms. The maximum Gasteiger partial charge on any atom is 0.241 e. The molecule has 0 unspecified atom stereocenters. The largest absolute Gasteiger partial charge is 0.311 e. The zero-order valence-corrected chi connectivity index (χ0v) is 13.4. The Morgan fingerprint density at radius 1 is 1.23 bits per heavy atom. The average Bonchev–Trinajstić information content (AvgIpc) is 3.08. The van der Waals surface area contributed by atoms with Crippen LogP contribution in [0.2, 0.25) is 0 Å². The molecule has 1 aliphatic carbocycles. The van der Waals surface area contributed by atoms with E-state index in [4.69, 9.17) is 0 Å². The molecule has 2 aromatic rings. The number of nitrogens with zero attached hydrogens (tertiary/aromatic N) is 2. The Labute approximate surface area is 135 Å². The van der Waals surface area contributed by atoms with Crippen molar-refractivity contribution in [2.45, 2.75) is 31.8 Å². The Hall–Kier alpha value is -1.65. The summed E-state index contributed by atoms with van der Waals surface area (Å²) in [5, 5.41) is 2.11. The first-order valence-electron chi connectivity index (χ1n) is 7.96. The van der Waals surface area contributed by atoms with Crippen molar-refractivity contribution in [3.8, 4) is 0 Å². The van der Waals surface area contributed by atoms with E-state index in [1.165, 1.54) is 23.3 Å². The monoisotopic (exact) mass is 312 g/mol. The Kier molecular flexibility index (Phi) is 3.72. The van der Waals surface area contributed by atoms with Gasteiger partial charge in [-0.15, -0.1) is 11.3 Å². The molecule has 1 aromatic carbocycles. The van der Waals surface area contributed by atoms with Gasteiger partial charge >= 0.3 is 0 Å². The van der Waals surface area contributed by atoms with Crippen molar-refractivity contribution in [3.05, 3.63) is 52.2 Å². The van der Waals surface area contributed by atoms with E-state index in [1.807, 2.05) is 11.0 Å². The van der Waals surface area contributed by atoms with E-state index in [1.54, 1.807) is 11.3 Å². The number of benzene rings is 1. The van der Waals surface area contributed by atoms with Crippen molar-refractivity contribution >= 4 is 22.9 Å². The highest BCUT2D eigenvalue weighted by Crippen LogP contribution is 2.31. The third-order valence-corrected chi connectivity index (χ3v) is 5.39. The van der Waals surface area contributed by atoms with Gasteiger partial charge in [-0.05, 0) is 42.3 Å². The van der Waals surface area contributed by atoms with Gasteiger partial charge in [-0.25, -0.2) is 0 Å². The molecule has 1 saturated carbocycles. The summed E-state index contributed by atoms with van der Waals surface area (Å²) in [6.45, 7) is 2.27. The highest BCUT2D eigenvalue weighted by atomic mass is 32.1. The summed E-state index contributed by atoms with van der Waals surface area (Å²) in [5.74, 6) is 0.244. The lowest BCUT2D eigenvalue weighted by atomic mass is 10.2. The van der Waals surface area contributed by atoms with Gasteiger partial charge in [-0.1, -0.05) is 24.3 Å². The predicted octanol–water partition coefficient (Wildman–Crippen LogP) is 3.30. The molecule has 2 aliphatic rings. The van der Waals surface area contributed by atoms with Gasteiger partial charge < -0.3 is 4.90 Å². The van der Waals surface area contributed by atoms with Crippen LogP contribution in [-0.2, 0) is 17.8 Å². The summed E-state index contributed by atoms with van der Waals surface area (Å²) in [7, 11) is 0. The van der Waals surface area contributed by atoms with Gasteiger partial charge in [0.15, 0.2) is 0 Å². The van der Waals surface area contributed by atoms with Crippen LogP contribution in [0, 0.1) is 0 Å². The summed E-state index contributed by atoms with van der Waals surface area (Å²) in [6.07, 6.45) is 3.45. The predicted molar refractivity (Wildman–Crippen MR) is 90.3 cm³/mol. The highest BCUT2D eigenvalue weighted by molar-refractivity contribution is 7.09. The van der Waals surface area contributed by atoms with Gasteiger partial charge in [0.1, 0.15) is 0 Å². The van der Waals surface area contributed by atoms with Crippen LogP contribution in [0.4, 0.5) is 5.69 Å². The molecule has 0 atom stereocenters. The zero-order valence-electron chi connectivity index (χ0n) is 12.6. The number of hydrogen-bond donors (Lipinski definition) is 0. The van der Waals surface area contributed by atoms with Crippen LogP contribution in [0.1, 0.15) is 23.3 Å². The molecule has 1 aromatic heterocycles. The number of anilines is 1. The summed E-state index contributed by atoms with van der Waals surface area (Å²) in [4.78, 5) is 18.4. The zero-order chi connectivity index (χ0) is 14.9. The van der Waals surface area contributed by atoms with Gasteiger partial charge in [-0.2, -0.15) is 0 Å². The fourth-order valence-corrected chi connectivity index (χ4v) is 3.94. The maximum absolute atomic E-state index is 12.8. The van der Waals surface area contributed by atoms with E-state index in [0.717, 1.165) is 25.2 Å². The number of para-hydroxylation sites is 1. The smallest absolute Gasteiger partial charge is 0.241 e. The minimum atomic E-state index is 0.244. The minimum Gasteiger partial charge on any atom is -0.311 e. The van der Waals surface area contributed by atoms with Crippen LogP contribution in [0.25, 0.3) is 0 Å². The molecule has 0 radical (unpaired) electrons. The van der Waals surface area contributed by atoms with E-state index in [0.29, 0.717) is 12.6 Å². The Balaban J connectivity index is 1.46. The number of hydrogen-bond acceptors (Lipinski definition) is 3. The van der Waals surface area contributed by atoms with Gasteiger partial charge in [-0.3, -0.25) is 9.69 Å². The van der Waals surface area contributed by atoms with Crippen molar-refractivity contribution in [1.29, 1.82) is 0 Å². The second kappa shape index (κ2) is 5.86. The van der Waals surface area contributed by atoms with E-state index in [2.05, 4.69) is 40.6 Å². The SMILES string of the molecule is O=C(CN(Cc1cccs1)C1CC1)N1CCc2ccccc21. The molecule has 1 fully saturated rings. The molecular weight excluding hydrogens is 292 g/mol. The summed E-state index contributed by atoms with van der Waals surface area (Å²) >= 11 is 1.78. The van der Waals surface area contributed by atoms with Crippen LogP contribution in [0.5, 0.6) is 0 Å². The molecular formula is C18H20N2OS. The third-order valence-electron chi connectivity index (χ3n) is 4.53. The standard InChI is InChI=1S/C18H20N2OS/c21-18(20-10-9-14-4-1-2-6-17(14)20)13-19(15-7-8-15)12-16-5-3-11-22-16/h1-6,11,15H,7-10,12-13H2. The summed E-state index contributed by atoms with van der Waals surface area (Å²) in [6, 6.07) is 13.1. The fraction of sp³-hybridized carbons (Fsp3) is 0.389. The van der Waals surface area contributed by atoms with E-state index >= 15 is 0 Å². The van der Waals surface area contributed by atoms with Gasteiger partial charge in [0.05, 0.1) is 6.54 Å². The summed E-state index contributed by atoms with van der Waals surface area (Å²) in [5.41, 5.74) is 2.41. The minimum absolute atomic E-state index is 0.244. The molecule has 1 aliphatic heterocycles. The van der Waals surface area contributed by atoms with Crippen molar-refractivity contribution in [3.63, 3.8) is 0 Å². The second-order valence-corrected chi connectivity index (χ2v) is 7.17. The van der Waals surface area contributed by atoms with Crippen molar-refractivity contribution < 1.29 is 4.79 Å². The topological polar surface area (TPSA) is 23.6 Å². The lowest BCUT2D eigenvalue weighted by Gasteiger charge is -2.24. The van der Waals surface area contributed by atoms with Crippen LogP contribution in [-0.4, -0.2) is 29.9 Å². The van der Waals surface area contributed by atoms with Crippen LogP contribution in [0.15, 0.2) is 41.8 Å². The lowest BCUT2D eigenvalue weighted by Crippen LogP contribution is -2.40. The number of fused-ring (bicyclic) bond motifs is 1. The van der Waals surface area contributed by atoms with Crippen molar-refractivity contribution in [2.24, 2.45) is 0 Å². The highest BCUT2D eigenvalue weighted by Gasteiger charge is 2.33. The van der Waals surface area contributed by atoms with E-state index in [9.17, 15) is 4.79 Å². The van der Waals surface area contributed by atoms with Crippen molar-refractivity contribution in [2.75, 3.05) is 18.0 Å². The summed E-state index contributed by atoms with van der Waals surface area (Å²) < 4.78 is 0. The van der Waals surface area contributed by atoms with Crippen LogP contribution in [0.3, 0.4) is 0 Å². The first-order chi connectivity index (χ1) is 10.8. The second-order valence-electron chi connectivity index (χ2n) is 6.14. The van der Waals surface area contributed by atoms with Gasteiger partial charge in [0, 0.05) is 29.7 Å².